The van der Waals surface area contributed by atoms with Gasteiger partial charge in [-0.05, 0) is 37.8 Å². The molecule has 0 amide bonds. The molecule has 1 aliphatic rings. The molecular formula is C15H24N2O. The fraction of sp³-hybridized carbons (Fsp3) is 0.600. The van der Waals surface area contributed by atoms with E-state index >= 15 is 0 Å². The van der Waals surface area contributed by atoms with E-state index in [4.69, 9.17) is 10.5 Å². The van der Waals surface area contributed by atoms with Crippen LogP contribution in [0.3, 0.4) is 0 Å². The van der Waals surface area contributed by atoms with Crippen LogP contribution in [0.1, 0.15) is 25.3 Å². The first-order chi connectivity index (χ1) is 8.71. The minimum absolute atomic E-state index is 0.00741. The van der Waals surface area contributed by atoms with Gasteiger partial charge in [0.2, 0.25) is 0 Å². The number of ether oxygens (including phenoxy) is 1. The molecule has 0 radical (unpaired) electrons. The number of aryl methyl sites for hydroxylation is 1. The zero-order valence-electron chi connectivity index (χ0n) is 11.5. The van der Waals surface area contributed by atoms with Gasteiger partial charge in [-0.1, -0.05) is 18.2 Å². The van der Waals surface area contributed by atoms with Crippen LogP contribution < -0.4 is 10.6 Å². The van der Waals surface area contributed by atoms with Crippen LogP contribution >= 0.6 is 0 Å². The van der Waals surface area contributed by atoms with Crippen molar-refractivity contribution in [2.75, 3.05) is 31.7 Å². The first-order valence-corrected chi connectivity index (χ1v) is 6.76. The van der Waals surface area contributed by atoms with Gasteiger partial charge in [0.05, 0.1) is 5.54 Å². The van der Waals surface area contributed by atoms with Crippen molar-refractivity contribution in [3.05, 3.63) is 29.8 Å². The molecule has 2 N–H and O–H groups in total. The third-order valence-corrected chi connectivity index (χ3v) is 4.05. The maximum atomic E-state index is 6.04. The lowest BCUT2D eigenvalue weighted by atomic mass is 9.90. The molecule has 0 spiro atoms. The molecule has 0 fully saturated rings. The maximum Gasteiger partial charge on any atom is 0.0518 e. The molecule has 0 saturated carbocycles. The van der Waals surface area contributed by atoms with Crippen molar-refractivity contribution in [3.8, 4) is 0 Å². The SMILES string of the molecule is COCCC(C)(CN)N1CCCc2ccccc21. The molecule has 2 rings (SSSR count). The topological polar surface area (TPSA) is 38.5 Å². The van der Waals surface area contributed by atoms with Crippen LogP contribution in [0.4, 0.5) is 5.69 Å². The van der Waals surface area contributed by atoms with Gasteiger partial charge in [-0.3, -0.25) is 0 Å². The Morgan fingerprint density at radius 1 is 1.39 bits per heavy atom. The number of methoxy groups -OCH3 is 1. The zero-order valence-corrected chi connectivity index (χ0v) is 11.5. The van der Waals surface area contributed by atoms with Crippen molar-refractivity contribution in [2.45, 2.75) is 31.7 Å². The van der Waals surface area contributed by atoms with E-state index in [0.717, 1.165) is 19.6 Å². The van der Waals surface area contributed by atoms with Crippen LogP contribution in [0.25, 0.3) is 0 Å². The van der Waals surface area contributed by atoms with Crippen LogP contribution in [0.15, 0.2) is 24.3 Å². The Morgan fingerprint density at radius 3 is 2.89 bits per heavy atom. The molecule has 18 heavy (non-hydrogen) atoms. The second-order valence-corrected chi connectivity index (χ2v) is 5.33. The summed E-state index contributed by atoms with van der Waals surface area (Å²) in [7, 11) is 1.75. The number of nitrogens with zero attached hydrogens (tertiary/aromatic N) is 1. The summed E-state index contributed by atoms with van der Waals surface area (Å²) in [6, 6.07) is 8.69. The van der Waals surface area contributed by atoms with Crippen molar-refractivity contribution in [1.82, 2.24) is 0 Å². The molecular weight excluding hydrogens is 224 g/mol. The van der Waals surface area contributed by atoms with Gasteiger partial charge < -0.3 is 15.4 Å². The lowest BCUT2D eigenvalue weighted by Crippen LogP contribution is -2.54. The highest BCUT2D eigenvalue weighted by Gasteiger charge is 2.32. The third-order valence-electron chi connectivity index (χ3n) is 4.05. The van der Waals surface area contributed by atoms with Crippen LogP contribution in [0.5, 0.6) is 0 Å². The Morgan fingerprint density at radius 2 is 2.17 bits per heavy atom. The average Bonchev–Trinajstić information content (AvgIpc) is 2.44. The highest BCUT2D eigenvalue weighted by molar-refractivity contribution is 5.57. The molecule has 1 atom stereocenters. The van der Waals surface area contributed by atoms with Gasteiger partial charge in [-0.25, -0.2) is 0 Å². The van der Waals surface area contributed by atoms with Crippen molar-refractivity contribution in [3.63, 3.8) is 0 Å². The number of hydrogen-bond donors (Lipinski definition) is 1. The number of rotatable bonds is 5. The fourth-order valence-corrected chi connectivity index (χ4v) is 2.76. The van der Waals surface area contributed by atoms with Crippen molar-refractivity contribution >= 4 is 5.69 Å². The molecule has 1 aromatic rings. The van der Waals surface area contributed by atoms with Crippen molar-refractivity contribution < 1.29 is 4.74 Å². The number of anilines is 1. The van der Waals surface area contributed by atoms with Gasteiger partial charge in [0.1, 0.15) is 0 Å². The predicted molar refractivity (Wildman–Crippen MR) is 76.1 cm³/mol. The molecule has 0 bridgehead atoms. The molecule has 1 unspecified atom stereocenters. The molecule has 3 heteroatoms. The largest absolute Gasteiger partial charge is 0.385 e. The van der Waals surface area contributed by atoms with Crippen LogP contribution in [-0.4, -0.2) is 32.3 Å². The Bertz CT molecular complexity index is 394. The molecule has 100 valence electrons. The van der Waals surface area contributed by atoms with Crippen molar-refractivity contribution in [2.24, 2.45) is 5.73 Å². The summed E-state index contributed by atoms with van der Waals surface area (Å²) < 4.78 is 5.24. The van der Waals surface area contributed by atoms with Gasteiger partial charge in [0.25, 0.3) is 0 Å². The minimum atomic E-state index is -0.00741. The van der Waals surface area contributed by atoms with Gasteiger partial charge in [0, 0.05) is 32.5 Å². The number of hydrogen-bond acceptors (Lipinski definition) is 3. The molecule has 0 aliphatic carbocycles. The van der Waals surface area contributed by atoms with E-state index in [1.165, 1.54) is 24.1 Å². The smallest absolute Gasteiger partial charge is 0.0518 e. The summed E-state index contributed by atoms with van der Waals surface area (Å²) in [4.78, 5) is 2.48. The van der Waals surface area contributed by atoms with Crippen molar-refractivity contribution in [1.29, 1.82) is 0 Å². The molecule has 1 aliphatic heterocycles. The second kappa shape index (κ2) is 5.72. The van der Waals surface area contributed by atoms with E-state index in [0.29, 0.717) is 6.54 Å². The van der Waals surface area contributed by atoms with E-state index in [-0.39, 0.29) is 5.54 Å². The Kier molecular flexibility index (Phi) is 4.25. The summed E-state index contributed by atoms with van der Waals surface area (Å²) in [5.74, 6) is 0. The summed E-state index contributed by atoms with van der Waals surface area (Å²) in [5, 5.41) is 0. The monoisotopic (exact) mass is 248 g/mol. The highest BCUT2D eigenvalue weighted by atomic mass is 16.5. The van der Waals surface area contributed by atoms with Crippen LogP contribution in [-0.2, 0) is 11.2 Å². The molecule has 3 nitrogen and oxygen atoms in total. The van der Waals surface area contributed by atoms with Gasteiger partial charge in [-0.15, -0.1) is 0 Å². The second-order valence-electron chi connectivity index (χ2n) is 5.33. The number of benzene rings is 1. The minimum Gasteiger partial charge on any atom is -0.385 e. The summed E-state index contributed by atoms with van der Waals surface area (Å²) in [6.07, 6.45) is 3.35. The lowest BCUT2D eigenvalue weighted by molar-refractivity contribution is 0.169. The molecule has 0 saturated heterocycles. The zero-order chi connectivity index (χ0) is 13.0. The normalized spacial score (nSPS) is 18.3. The number of fused-ring (bicyclic) bond motifs is 1. The predicted octanol–water partition coefficient (Wildman–Crippen LogP) is 2.19. The van der Waals surface area contributed by atoms with Gasteiger partial charge in [0.15, 0.2) is 0 Å². The first-order valence-electron chi connectivity index (χ1n) is 6.76. The number of nitrogens with two attached hydrogens (primary N) is 1. The van der Waals surface area contributed by atoms with Crippen LogP contribution in [0, 0.1) is 0 Å². The summed E-state index contributed by atoms with van der Waals surface area (Å²) in [5.41, 5.74) is 8.83. The van der Waals surface area contributed by atoms with Gasteiger partial charge >= 0.3 is 0 Å². The van der Waals surface area contributed by atoms with E-state index in [1.54, 1.807) is 7.11 Å². The Hall–Kier alpha value is -1.06. The standard InChI is InChI=1S/C15H24N2O/c1-15(12-16,9-11-18-2)17-10-5-7-13-6-3-4-8-14(13)17/h3-4,6,8H,5,7,9-12,16H2,1-2H3. The summed E-state index contributed by atoms with van der Waals surface area (Å²) in [6.45, 7) is 4.75. The van der Waals surface area contributed by atoms with E-state index in [2.05, 4.69) is 36.1 Å². The van der Waals surface area contributed by atoms with E-state index in [1.807, 2.05) is 0 Å². The number of para-hydroxylation sites is 1. The average molecular weight is 248 g/mol. The first kappa shape index (κ1) is 13.4. The van der Waals surface area contributed by atoms with E-state index < -0.39 is 0 Å². The third kappa shape index (κ3) is 2.52. The van der Waals surface area contributed by atoms with E-state index in [9.17, 15) is 0 Å². The quantitative estimate of drug-likeness (QED) is 0.868. The molecule has 1 heterocycles. The van der Waals surface area contributed by atoms with Gasteiger partial charge in [-0.2, -0.15) is 0 Å². The Balaban J connectivity index is 2.27. The highest BCUT2D eigenvalue weighted by Crippen LogP contribution is 2.33. The maximum absolute atomic E-state index is 6.04. The molecule has 0 aromatic heterocycles. The fourth-order valence-electron chi connectivity index (χ4n) is 2.76. The van der Waals surface area contributed by atoms with Crippen LogP contribution in [0.2, 0.25) is 0 Å². The summed E-state index contributed by atoms with van der Waals surface area (Å²) >= 11 is 0. The Labute approximate surface area is 110 Å². The lowest BCUT2D eigenvalue weighted by Gasteiger charge is -2.45. The molecule has 1 aromatic carbocycles.